The van der Waals surface area contributed by atoms with Crippen LogP contribution in [0.3, 0.4) is 0 Å². The summed E-state index contributed by atoms with van der Waals surface area (Å²) in [7, 11) is 0. The number of aromatic nitrogens is 4. The molecule has 2 bridgehead atoms. The van der Waals surface area contributed by atoms with Gasteiger partial charge in [-0.3, -0.25) is 0 Å². The quantitative estimate of drug-likeness (QED) is 0.441. The van der Waals surface area contributed by atoms with Crippen molar-refractivity contribution in [3.05, 3.63) is 42.5 Å². The Morgan fingerprint density at radius 1 is 1.00 bits per heavy atom. The van der Waals surface area contributed by atoms with E-state index < -0.39 is 0 Å². The van der Waals surface area contributed by atoms with Gasteiger partial charge in [0, 0.05) is 34.9 Å². The minimum absolute atomic E-state index is 0.0197. The number of hydrogen-bond donors (Lipinski definition) is 2. The average Bonchev–Trinajstić information content (AvgIpc) is 3.65. The van der Waals surface area contributed by atoms with Crippen molar-refractivity contribution in [2.75, 3.05) is 11.2 Å². The van der Waals surface area contributed by atoms with E-state index in [1.54, 1.807) is 30.8 Å². The van der Waals surface area contributed by atoms with Crippen molar-refractivity contribution < 1.29 is 9.50 Å². The average molecular weight is 507 g/mol. The number of nitrogens with one attached hydrogen (secondary N) is 1. The third-order valence-corrected chi connectivity index (χ3v) is 8.61. The predicted molar refractivity (Wildman–Crippen MR) is 140 cm³/mol. The number of thioether (sulfide) groups is 1. The van der Waals surface area contributed by atoms with Crippen molar-refractivity contribution in [1.82, 2.24) is 25.5 Å². The maximum atomic E-state index is 14.2. The fraction of sp³-hybridized carbons (Fsp3) is 0.481. The Bertz CT molecular complexity index is 1280. The smallest absolute Gasteiger partial charge is 0.185 e. The number of pyridine rings is 1. The number of piperidine rings is 1. The molecule has 0 unspecified atom stereocenters. The van der Waals surface area contributed by atoms with E-state index in [2.05, 4.69) is 44.2 Å². The Morgan fingerprint density at radius 3 is 2.33 bits per heavy atom. The molecule has 0 amide bonds. The van der Waals surface area contributed by atoms with Gasteiger partial charge in [-0.05, 0) is 82.4 Å². The minimum Gasteiger partial charge on any atom is -0.507 e. The Kier molecular flexibility index (Phi) is 5.68. The van der Waals surface area contributed by atoms with Gasteiger partial charge in [0.05, 0.1) is 11.8 Å². The highest BCUT2D eigenvalue weighted by Gasteiger charge is 2.51. The van der Waals surface area contributed by atoms with Crippen LogP contribution in [0, 0.1) is 5.82 Å². The minimum atomic E-state index is -0.378. The lowest BCUT2D eigenvalue weighted by Gasteiger charge is -2.46. The highest BCUT2D eigenvalue weighted by Crippen LogP contribution is 2.46. The van der Waals surface area contributed by atoms with Gasteiger partial charge in [-0.25, -0.2) is 14.4 Å². The number of phenols is 1. The van der Waals surface area contributed by atoms with Crippen LogP contribution in [-0.4, -0.2) is 54.7 Å². The molecule has 188 valence electrons. The van der Waals surface area contributed by atoms with Crippen LogP contribution in [0.2, 0.25) is 0 Å². The van der Waals surface area contributed by atoms with Crippen molar-refractivity contribution >= 4 is 17.6 Å². The Balaban J connectivity index is 1.25. The first-order valence-corrected chi connectivity index (χ1v) is 13.8. The standard InChI is InChI=1S/C27H31FN6OS/c1-26-8-9-27(2,33-26)13-19(12-26)34(18-5-6-18)23-15-29-24(32-31-23)20-7-4-16(11-22(20)35)17-10-21(28)25(36-3)30-14-17/h4,7,10-11,14-15,18-19,33,35H,5-6,8-9,12-13H2,1-3H3/t19-,26-,27+. The lowest BCUT2D eigenvalue weighted by molar-refractivity contribution is 0.203. The summed E-state index contributed by atoms with van der Waals surface area (Å²) in [6.45, 7) is 4.69. The monoisotopic (exact) mass is 506 g/mol. The molecule has 2 N–H and O–H groups in total. The van der Waals surface area contributed by atoms with Crippen LogP contribution in [0.1, 0.15) is 52.4 Å². The second-order valence-electron chi connectivity index (χ2n) is 11.0. The lowest BCUT2D eigenvalue weighted by atomic mass is 9.84. The van der Waals surface area contributed by atoms with Crippen molar-refractivity contribution in [2.24, 2.45) is 0 Å². The Morgan fingerprint density at radius 2 is 1.75 bits per heavy atom. The van der Waals surface area contributed by atoms with Crippen LogP contribution in [0.25, 0.3) is 22.5 Å². The second-order valence-corrected chi connectivity index (χ2v) is 11.8. The lowest BCUT2D eigenvalue weighted by Crippen LogP contribution is -2.59. The molecule has 36 heavy (non-hydrogen) atoms. The van der Waals surface area contributed by atoms with Crippen molar-refractivity contribution in [1.29, 1.82) is 0 Å². The van der Waals surface area contributed by atoms with Gasteiger partial charge in [0.15, 0.2) is 17.5 Å². The van der Waals surface area contributed by atoms with E-state index in [-0.39, 0.29) is 22.6 Å². The third-order valence-electron chi connectivity index (χ3n) is 7.92. The van der Waals surface area contributed by atoms with Gasteiger partial charge in [-0.2, -0.15) is 0 Å². The number of aromatic hydroxyl groups is 1. The molecular weight excluding hydrogens is 475 g/mol. The molecule has 7 nitrogen and oxygen atoms in total. The SMILES string of the molecule is CSc1ncc(-c2ccc(-c3ncc(N(C4CC4)[C@H]4C[C@]5(C)CC[C@](C)(C4)N5)nn3)c(O)c2)cc1F. The highest BCUT2D eigenvalue weighted by molar-refractivity contribution is 7.98. The van der Waals surface area contributed by atoms with E-state index in [1.165, 1.54) is 43.5 Å². The van der Waals surface area contributed by atoms with Gasteiger partial charge in [-0.1, -0.05) is 6.07 Å². The molecule has 6 rings (SSSR count). The second kappa shape index (κ2) is 8.66. The summed E-state index contributed by atoms with van der Waals surface area (Å²) in [6, 6.07) is 7.49. The van der Waals surface area contributed by atoms with E-state index in [0.717, 1.165) is 18.7 Å². The molecule has 3 atom stereocenters. The zero-order chi connectivity index (χ0) is 25.1. The van der Waals surface area contributed by atoms with Crippen molar-refractivity contribution in [2.45, 2.75) is 80.6 Å². The summed E-state index contributed by atoms with van der Waals surface area (Å²) < 4.78 is 14.2. The zero-order valence-electron chi connectivity index (χ0n) is 20.8. The largest absolute Gasteiger partial charge is 0.507 e. The number of halogens is 1. The molecule has 9 heteroatoms. The molecule has 0 radical (unpaired) electrons. The van der Waals surface area contributed by atoms with Gasteiger partial charge in [0.1, 0.15) is 10.8 Å². The van der Waals surface area contributed by atoms with E-state index in [4.69, 9.17) is 0 Å². The summed E-state index contributed by atoms with van der Waals surface area (Å²) in [4.78, 5) is 11.2. The van der Waals surface area contributed by atoms with Crippen LogP contribution >= 0.6 is 11.8 Å². The fourth-order valence-corrected chi connectivity index (χ4v) is 6.60. The molecule has 3 aromatic rings. The van der Waals surface area contributed by atoms with Gasteiger partial charge >= 0.3 is 0 Å². The molecule has 1 saturated carbocycles. The number of fused-ring (bicyclic) bond motifs is 2. The molecular formula is C27H31FN6OS. The molecule has 2 saturated heterocycles. The molecule has 3 fully saturated rings. The number of benzene rings is 1. The van der Waals surface area contributed by atoms with Crippen LogP contribution in [0.5, 0.6) is 5.75 Å². The predicted octanol–water partition coefficient (Wildman–Crippen LogP) is 5.20. The zero-order valence-corrected chi connectivity index (χ0v) is 21.6. The number of nitrogens with zero attached hydrogens (tertiary/aromatic N) is 5. The summed E-state index contributed by atoms with van der Waals surface area (Å²) in [5.41, 5.74) is 2.10. The molecule has 1 aliphatic carbocycles. The summed E-state index contributed by atoms with van der Waals surface area (Å²) in [6.07, 6.45) is 12.1. The fourth-order valence-electron chi connectivity index (χ4n) is 6.19. The van der Waals surface area contributed by atoms with Gasteiger partial charge in [-0.15, -0.1) is 22.0 Å². The third kappa shape index (κ3) is 4.32. The van der Waals surface area contributed by atoms with Crippen LogP contribution in [0.15, 0.2) is 41.7 Å². The summed E-state index contributed by atoms with van der Waals surface area (Å²) in [5.74, 6) is 0.819. The van der Waals surface area contributed by atoms with E-state index in [1.807, 2.05) is 6.07 Å². The maximum Gasteiger partial charge on any atom is 0.185 e. The summed E-state index contributed by atoms with van der Waals surface area (Å²) >= 11 is 1.26. The first kappa shape index (κ1) is 23.6. The Labute approximate surface area is 215 Å². The van der Waals surface area contributed by atoms with Crippen molar-refractivity contribution in [3.8, 4) is 28.3 Å². The van der Waals surface area contributed by atoms with E-state index in [9.17, 15) is 9.50 Å². The van der Waals surface area contributed by atoms with Gasteiger partial charge in [0.25, 0.3) is 0 Å². The van der Waals surface area contributed by atoms with Gasteiger partial charge in [0.2, 0.25) is 0 Å². The number of anilines is 1. The molecule has 0 spiro atoms. The highest BCUT2D eigenvalue weighted by atomic mass is 32.2. The maximum absolute atomic E-state index is 14.2. The molecule has 3 aliphatic rings. The molecule has 1 aromatic carbocycles. The summed E-state index contributed by atoms with van der Waals surface area (Å²) in [5, 5.41) is 23.9. The number of phenolic OH excluding ortho intramolecular Hbond substituents is 1. The molecule has 2 aliphatic heterocycles. The Hall–Kier alpha value is -2.78. The molecule has 2 aromatic heterocycles. The first-order valence-electron chi connectivity index (χ1n) is 12.6. The molecule has 4 heterocycles. The topological polar surface area (TPSA) is 87.1 Å². The van der Waals surface area contributed by atoms with Crippen LogP contribution in [-0.2, 0) is 0 Å². The number of hydrogen-bond acceptors (Lipinski definition) is 8. The normalized spacial score (nSPS) is 27.3. The first-order chi connectivity index (χ1) is 17.3. The van der Waals surface area contributed by atoms with Crippen LogP contribution in [0.4, 0.5) is 10.2 Å². The van der Waals surface area contributed by atoms with Crippen molar-refractivity contribution in [3.63, 3.8) is 0 Å². The number of rotatable bonds is 6. The van der Waals surface area contributed by atoms with Gasteiger partial charge < -0.3 is 15.3 Å². The van der Waals surface area contributed by atoms with Crippen LogP contribution < -0.4 is 10.2 Å². The van der Waals surface area contributed by atoms with E-state index in [0.29, 0.717) is 39.6 Å². The van der Waals surface area contributed by atoms with E-state index >= 15 is 0 Å².